The number of pyridine rings is 1. The minimum Gasteiger partial charge on any atom is -0.489 e. The van der Waals surface area contributed by atoms with Crippen LogP contribution in [-0.4, -0.2) is 22.3 Å². The van der Waals surface area contributed by atoms with Gasteiger partial charge in [-0.2, -0.15) is 0 Å². The van der Waals surface area contributed by atoms with Crippen molar-refractivity contribution in [2.45, 2.75) is 39.8 Å². The molecular weight excluding hydrogens is 375 g/mol. The number of primary amides is 1. The van der Waals surface area contributed by atoms with E-state index in [1.807, 2.05) is 0 Å². The Hall–Kier alpha value is -3.42. The summed E-state index contributed by atoms with van der Waals surface area (Å²) in [5.41, 5.74) is 11.7. The molecule has 0 atom stereocenters. The number of aromatic nitrogens is 1. The fourth-order valence-corrected chi connectivity index (χ4v) is 2.55. The zero-order valence-corrected chi connectivity index (χ0v) is 16.9. The second-order valence-corrected chi connectivity index (χ2v) is 7.20. The predicted octanol–water partition coefficient (Wildman–Crippen LogP) is 2.18. The molecule has 0 spiro atoms. The molecule has 0 bridgehead atoms. The fraction of sp³-hybridized carbons (Fsp3) is 0.286. The van der Waals surface area contributed by atoms with Gasteiger partial charge in [-0.15, -0.1) is 0 Å². The van der Waals surface area contributed by atoms with Gasteiger partial charge in [0.2, 0.25) is 5.91 Å². The molecule has 0 aliphatic heterocycles. The van der Waals surface area contributed by atoms with Crippen LogP contribution >= 0.6 is 0 Å². The van der Waals surface area contributed by atoms with Crippen LogP contribution < -0.4 is 21.5 Å². The monoisotopic (exact) mass is 400 g/mol. The van der Waals surface area contributed by atoms with Crippen LogP contribution in [0.4, 0.5) is 4.39 Å². The quantitative estimate of drug-likeness (QED) is 0.615. The van der Waals surface area contributed by atoms with E-state index in [0.29, 0.717) is 11.3 Å². The first-order valence-electron chi connectivity index (χ1n) is 8.95. The van der Waals surface area contributed by atoms with Gasteiger partial charge in [0, 0.05) is 23.5 Å². The summed E-state index contributed by atoms with van der Waals surface area (Å²) < 4.78 is 19.7. The van der Waals surface area contributed by atoms with E-state index in [2.05, 4.69) is 10.3 Å². The molecule has 0 saturated carbocycles. The fourth-order valence-electron chi connectivity index (χ4n) is 2.55. The highest BCUT2D eigenvalue weighted by Gasteiger charge is 2.29. The molecule has 0 aliphatic rings. The van der Waals surface area contributed by atoms with Gasteiger partial charge < -0.3 is 21.5 Å². The van der Waals surface area contributed by atoms with Gasteiger partial charge in [-0.05, 0) is 45.4 Å². The molecule has 2 rings (SSSR count). The molecular formula is C21H25FN4O3. The summed E-state index contributed by atoms with van der Waals surface area (Å²) in [5.74, 6) is -1.25. The molecule has 154 valence electrons. The zero-order chi connectivity index (χ0) is 21.8. The molecule has 1 aromatic carbocycles. The van der Waals surface area contributed by atoms with Crippen molar-refractivity contribution in [3.8, 4) is 5.75 Å². The summed E-state index contributed by atoms with van der Waals surface area (Å²) in [4.78, 5) is 28.4. The Morgan fingerprint density at radius 2 is 1.93 bits per heavy atom. The van der Waals surface area contributed by atoms with Gasteiger partial charge in [-0.25, -0.2) is 4.39 Å². The van der Waals surface area contributed by atoms with Crippen LogP contribution in [0.2, 0.25) is 0 Å². The van der Waals surface area contributed by atoms with Crippen LogP contribution in [0, 0.1) is 12.7 Å². The van der Waals surface area contributed by atoms with Gasteiger partial charge in [0.05, 0.1) is 11.3 Å². The molecule has 29 heavy (non-hydrogen) atoms. The summed E-state index contributed by atoms with van der Waals surface area (Å²) in [6.07, 6.45) is 1.45. The molecule has 0 radical (unpaired) electrons. The first-order chi connectivity index (χ1) is 13.5. The van der Waals surface area contributed by atoms with Crippen LogP contribution in [0.25, 0.3) is 5.57 Å². The second kappa shape index (κ2) is 8.72. The number of nitrogens with zero attached hydrogens (tertiary/aromatic N) is 1. The number of hydrogen-bond donors (Lipinski definition) is 3. The van der Waals surface area contributed by atoms with Gasteiger partial charge in [0.1, 0.15) is 23.7 Å². The summed E-state index contributed by atoms with van der Waals surface area (Å²) >= 11 is 0. The average molecular weight is 400 g/mol. The third kappa shape index (κ3) is 5.31. The van der Waals surface area contributed by atoms with Gasteiger partial charge >= 0.3 is 0 Å². The van der Waals surface area contributed by atoms with Crippen LogP contribution in [0.3, 0.4) is 0 Å². The highest BCUT2D eigenvalue weighted by Crippen LogP contribution is 2.22. The number of halogens is 1. The molecule has 0 saturated heterocycles. The Morgan fingerprint density at radius 3 is 2.52 bits per heavy atom. The Balaban J connectivity index is 2.26. The number of nitrogens with one attached hydrogen (secondary N) is 1. The van der Waals surface area contributed by atoms with Crippen LogP contribution in [-0.2, 0) is 16.2 Å². The molecule has 7 nitrogen and oxygen atoms in total. The number of amides is 2. The van der Waals surface area contributed by atoms with Gasteiger partial charge in [0.25, 0.3) is 5.91 Å². The molecule has 1 heterocycles. The number of hydrogen-bond acceptors (Lipinski definition) is 5. The van der Waals surface area contributed by atoms with E-state index in [-0.39, 0.29) is 29.4 Å². The van der Waals surface area contributed by atoms with Crippen molar-refractivity contribution >= 4 is 17.4 Å². The Bertz CT molecular complexity index is 946. The Morgan fingerprint density at radius 1 is 1.24 bits per heavy atom. The minimum atomic E-state index is -1.27. The van der Waals surface area contributed by atoms with E-state index in [1.165, 1.54) is 32.2 Å². The summed E-state index contributed by atoms with van der Waals surface area (Å²) in [5, 5.41) is 2.55. The maximum atomic E-state index is 14.0. The Labute approximate surface area is 168 Å². The molecule has 8 heteroatoms. The topological polar surface area (TPSA) is 120 Å². The van der Waals surface area contributed by atoms with Crippen LogP contribution in [0.5, 0.6) is 5.75 Å². The lowest BCUT2D eigenvalue weighted by Gasteiger charge is -2.23. The number of aryl methyl sites for hydroxylation is 1. The van der Waals surface area contributed by atoms with Crippen molar-refractivity contribution in [2.24, 2.45) is 11.5 Å². The molecule has 0 aliphatic carbocycles. The highest BCUT2D eigenvalue weighted by atomic mass is 19.1. The number of benzene rings is 1. The summed E-state index contributed by atoms with van der Waals surface area (Å²) in [7, 11) is 0. The molecule has 0 unspecified atom stereocenters. The van der Waals surface area contributed by atoms with Crippen molar-refractivity contribution in [2.75, 3.05) is 0 Å². The van der Waals surface area contributed by atoms with E-state index in [1.54, 1.807) is 32.0 Å². The number of allylic oxidation sites excluding steroid dienone is 1. The van der Waals surface area contributed by atoms with Crippen LogP contribution in [0.1, 0.15) is 37.6 Å². The van der Waals surface area contributed by atoms with E-state index >= 15 is 0 Å². The number of rotatable bonds is 7. The van der Waals surface area contributed by atoms with Crippen molar-refractivity contribution < 1.29 is 18.7 Å². The average Bonchev–Trinajstić information content (AvgIpc) is 2.61. The smallest absolute Gasteiger partial charge is 0.256 e. The van der Waals surface area contributed by atoms with E-state index in [0.717, 1.165) is 5.56 Å². The maximum Gasteiger partial charge on any atom is 0.256 e. The van der Waals surface area contributed by atoms with E-state index in [4.69, 9.17) is 16.2 Å². The first kappa shape index (κ1) is 21.9. The molecule has 5 N–H and O–H groups in total. The van der Waals surface area contributed by atoms with Crippen molar-refractivity contribution in [1.29, 1.82) is 0 Å². The molecule has 2 aromatic rings. The number of carbonyl (C=O) groups is 2. The van der Waals surface area contributed by atoms with Crippen molar-refractivity contribution in [3.63, 3.8) is 0 Å². The second-order valence-electron chi connectivity index (χ2n) is 7.20. The van der Waals surface area contributed by atoms with E-state index < -0.39 is 17.4 Å². The summed E-state index contributed by atoms with van der Waals surface area (Å²) in [6, 6.07) is 7.91. The SMILES string of the molecule is C/C(N)=C(\C(=O)NC(C)(C)C(N)=O)c1cc(OCc2c(C)cccc2F)ccn1. The van der Waals surface area contributed by atoms with Crippen molar-refractivity contribution in [3.05, 3.63) is 64.9 Å². The van der Waals surface area contributed by atoms with Crippen molar-refractivity contribution in [1.82, 2.24) is 10.3 Å². The summed E-state index contributed by atoms with van der Waals surface area (Å²) in [6.45, 7) is 6.33. The number of ether oxygens (including phenoxy) is 1. The largest absolute Gasteiger partial charge is 0.489 e. The standard InChI is InChI=1S/C21H25FN4O3/c1-12-6-5-7-16(22)15(12)11-29-14-8-9-25-17(10-14)18(13(2)23)19(27)26-21(3,4)20(24)28/h5-10H,11,23H2,1-4H3,(H2,24,28)(H,26,27)/b18-13+. The lowest BCUT2D eigenvalue weighted by atomic mass is 10.0. The number of nitrogens with two attached hydrogens (primary N) is 2. The maximum absolute atomic E-state index is 14.0. The van der Waals surface area contributed by atoms with Gasteiger partial charge in [-0.3, -0.25) is 14.6 Å². The van der Waals surface area contributed by atoms with Gasteiger partial charge in [0.15, 0.2) is 0 Å². The number of carbonyl (C=O) groups excluding carboxylic acids is 2. The highest BCUT2D eigenvalue weighted by molar-refractivity contribution is 6.20. The minimum absolute atomic E-state index is 0.0174. The first-order valence-corrected chi connectivity index (χ1v) is 8.95. The Kier molecular flexibility index (Phi) is 6.58. The molecule has 0 fully saturated rings. The van der Waals surface area contributed by atoms with Gasteiger partial charge in [-0.1, -0.05) is 12.1 Å². The molecule has 1 aromatic heterocycles. The zero-order valence-electron chi connectivity index (χ0n) is 16.9. The predicted molar refractivity (Wildman–Crippen MR) is 108 cm³/mol. The van der Waals surface area contributed by atoms with E-state index in [9.17, 15) is 14.0 Å². The van der Waals surface area contributed by atoms with Crippen LogP contribution in [0.15, 0.2) is 42.2 Å². The normalized spacial score (nSPS) is 12.2. The lowest BCUT2D eigenvalue weighted by molar-refractivity contribution is -0.127. The lowest BCUT2D eigenvalue weighted by Crippen LogP contribution is -2.53. The third-order valence-corrected chi connectivity index (χ3v) is 4.39. The molecule has 2 amide bonds. The third-order valence-electron chi connectivity index (χ3n) is 4.39.